The van der Waals surface area contributed by atoms with E-state index in [1.807, 2.05) is 30.3 Å². The monoisotopic (exact) mass is 348 g/mol. The van der Waals surface area contributed by atoms with Gasteiger partial charge in [-0.1, -0.05) is 49.6 Å². The second kappa shape index (κ2) is 7.16. The molecule has 4 heteroatoms. The van der Waals surface area contributed by atoms with Gasteiger partial charge in [0, 0.05) is 11.6 Å². The highest BCUT2D eigenvalue weighted by Crippen LogP contribution is 2.28. The van der Waals surface area contributed by atoms with Crippen LogP contribution in [0.1, 0.15) is 32.1 Å². The maximum absolute atomic E-state index is 12.5. The van der Waals surface area contributed by atoms with E-state index in [2.05, 4.69) is 0 Å². The number of carbonyl (C=O) groups excluding carboxylic acids is 1. The summed E-state index contributed by atoms with van der Waals surface area (Å²) in [6, 6.07) is 15.9. The molecule has 4 nitrogen and oxygen atoms in total. The van der Waals surface area contributed by atoms with Gasteiger partial charge in [0.05, 0.1) is 11.3 Å². The van der Waals surface area contributed by atoms with E-state index in [4.69, 9.17) is 9.15 Å². The lowest BCUT2D eigenvalue weighted by molar-refractivity contribution is -0.139. The van der Waals surface area contributed by atoms with E-state index in [1.165, 1.54) is 12.5 Å². The molecule has 0 spiro atoms. The fourth-order valence-electron chi connectivity index (χ4n) is 3.48. The van der Waals surface area contributed by atoms with Crippen molar-refractivity contribution in [1.82, 2.24) is 0 Å². The van der Waals surface area contributed by atoms with Crippen molar-refractivity contribution in [2.24, 2.45) is 5.92 Å². The zero-order valence-corrected chi connectivity index (χ0v) is 14.4. The van der Waals surface area contributed by atoms with Gasteiger partial charge in [-0.25, -0.2) is 0 Å². The Balaban J connectivity index is 1.62. The van der Waals surface area contributed by atoms with Crippen LogP contribution in [0.15, 0.2) is 63.8 Å². The maximum Gasteiger partial charge on any atom is 0.314 e. The van der Waals surface area contributed by atoms with Crippen molar-refractivity contribution >= 4 is 16.9 Å². The summed E-state index contributed by atoms with van der Waals surface area (Å²) in [6.07, 6.45) is 5.10. The van der Waals surface area contributed by atoms with Crippen LogP contribution in [0.4, 0.5) is 0 Å². The molecule has 0 aliphatic heterocycles. The highest BCUT2D eigenvalue weighted by molar-refractivity contribution is 5.82. The van der Waals surface area contributed by atoms with Gasteiger partial charge in [0.15, 0.2) is 5.43 Å². The summed E-state index contributed by atoms with van der Waals surface area (Å²) in [4.78, 5) is 24.8. The zero-order valence-electron chi connectivity index (χ0n) is 14.4. The molecule has 0 saturated heterocycles. The third kappa shape index (κ3) is 3.40. The van der Waals surface area contributed by atoms with Gasteiger partial charge in [0.25, 0.3) is 0 Å². The average Bonchev–Trinajstić information content (AvgIpc) is 2.69. The maximum atomic E-state index is 12.5. The van der Waals surface area contributed by atoms with E-state index in [9.17, 15) is 9.59 Å². The van der Waals surface area contributed by atoms with Gasteiger partial charge >= 0.3 is 5.97 Å². The minimum atomic E-state index is -0.200. The Bertz CT molecular complexity index is 982. The molecule has 1 heterocycles. The molecule has 132 valence electrons. The van der Waals surface area contributed by atoms with E-state index >= 15 is 0 Å². The van der Waals surface area contributed by atoms with Crippen molar-refractivity contribution in [3.8, 4) is 17.1 Å². The first-order valence-electron chi connectivity index (χ1n) is 9.06. The summed E-state index contributed by atoms with van der Waals surface area (Å²) in [5.41, 5.74) is 1.17. The van der Waals surface area contributed by atoms with E-state index in [0.29, 0.717) is 22.5 Å². The summed E-state index contributed by atoms with van der Waals surface area (Å²) >= 11 is 0. The highest BCUT2D eigenvalue weighted by atomic mass is 16.5. The number of hydrogen-bond donors (Lipinski definition) is 0. The van der Waals surface area contributed by atoms with Gasteiger partial charge < -0.3 is 9.15 Å². The predicted octanol–water partition coefficient (Wildman–Crippen LogP) is 4.95. The Morgan fingerprint density at radius 1 is 0.962 bits per heavy atom. The Kier molecular flexibility index (Phi) is 4.57. The van der Waals surface area contributed by atoms with Gasteiger partial charge in [-0.3, -0.25) is 9.59 Å². The first kappa shape index (κ1) is 16.6. The van der Waals surface area contributed by atoms with Crippen LogP contribution < -0.4 is 10.2 Å². The van der Waals surface area contributed by atoms with Gasteiger partial charge in [-0.15, -0.1) is 0 Å². The average molecular weight is 348 g/mol. The van der Waals surface area contributed by atoms with Crippen LogP contribution in [-0.4, -0.2) is 5.97 Å². The predicted molar refractivity (Wildman–Crippen MR) is 100 cm³/mol. The number of rotatable bonds is 3. The molecule has 0 amide bonds. The minimum absolute atomic E-state index is 0.0312. The second-order valence-corrected chi connectivity index (χ2v) is 6.75. The van der Waals surface area contributed by atoms with Crippen LogP contribution in [0, 0.1) is 5.92 Å². The van der Waals surface area contributed by atoms with Crippen LogP contribution in [0.5, 0.6) is 5.75 Å². The van der Waals surface area contributed by atoms with E-state index in [-0.39, 0.29) is 17.3 Å². The van der Waals surface area contributed by atoms with Crippen LogP contribution in [0.2, 0.25) is 0 Å². The van der Waals surface area contributed by atoms with Crippen molar-refractivity contribution in [3.63, 3.8) is 0 Å². The van der Waals surface area contributed by atoms with Gasteiger partial charge in [0.1, 0.15) is 17.1 Å². The Labute approximate surface area is 151 Å². The van der Waals surface area contributed by atoms with Crippen LogP contribution in [-0.2, 0) is 4.79 Å². The minimum Gasteiger partial charge on any atom is -0.456 e. The number of hydrogen-bond acceptors (Lipinski definition) is 4. The van der Waals surface area contributed by atoms with Crippen molar-refractivity contribution in [1.29, 1.82) is 0 Å². The Morgan fingerprint density at radius 2 is 1.73 bits per heavy atom. The third-order valence-corrected chi connectivity index (χ3v) is 4.91. The van der Waals surface area contributed by atoms with Crippen molar-refractivity contribution in [3.05, 3.63) is 64.8 Å². The molecule has 3 aromatic rings. The van der Waals surface area contributed by atoms with E-state index in [0.717, 1.165) is 31.2 Å². The number of esters is 1. The summed E-state index contributed by atoms with van der Waals surface area (Å²) in [6.45, 7) is 0. The standard InChI is InChI=1S/C22H20O4/c23-19-14-21(15-7-3-1-4-8-15)26-20-12-11-17(13-18(19)20)25-22(24)16-9-5-2-6-10-16/h1,3-4,7-8,11-14,16H,2,5-6,9-10H2. The Hall–Kier alpha value is -2.88. The molecule has 0 unspecified atom stereocenters. The number of ether oxygens (including phenoxy) is 1. The zero-order chi connectivity index (χ0) is 17.9. The van der Waals surface area contributed by atoms with Crippen LogP contribution in [0.25, 0.3) is 22.3 Å². The quantitative estimate of drug-likeness (QED) is 0.496. The molecule has 1 fully saturated rings. The second-order valence-electron chi connectivity index (χ2n) is 6.75. The summed E-state index contributed by atoms with van der Waals surface area (Å²) in [7, 11) is 0. The summed E-state index contributed by atoms with van der Waals surface area (Å²) < 4.78 is 11.4. The smallest absolute Gasteiger partial charge is 0.314 e. The van der Waals surface area contributed by atoms with Crippen molar-refractivity contribution < 1.29 is 13.9 Å². The lowest BCUT2D eigenvalue weighted by atomic mass is 9.89. The lowest BCUT2D eigenvalue weighted by Crippen LogP contribution is -2.22. The van der Waals surface area contributed by atoms with Crippen molar-refractivity contribution in [2.45, 2.75) is 32.1 Å². The summed E-state index contributed by atoms with van der Waals surface area (Å²) in [5, 5.41) is 0.415. The SMILES string of the molecule is O=C(Oc1ccc2oc(-c3ccccc3)cc(=O)c2c1)C1CCCCC1. The molecule has 1 aliphatic carbocycles. The molecule has 0 N–H and O–H groups in total. The van der Waals surface area contributed by atoms with E-state index < -0.39 is 0 Å². The van der Waals surface area contributed by atoms with Gasteiger partial charge in [-0.05, 0) is 31.0 Å². The molecular weight excluding hydrogens is 328 g/mol. The normalized spacial score (nSPS) is 15.1. The molecule has 26 heavy (non-hydrogen) atoms. The molecule has 4 rings (SSSR count). The first-order chi connectivity index (χ1) is 12.7. The fraction of sp³-hybridized carbons (Fsp3) is 0.273. The molecule has 2 aromatic carbocycles. The number of carbonyl (C=O) groups is 1. The lowest BCUT2D eigenvalue weighted by Gasteiger charge is -2.19. The van der Waals surface area contributed by atoms with Crippen LogP contribution in [0.3, 0.4) is 0 Å². The largest absolute Gasteiger partial charge is 0.456 e. The fourth-order valence-corrected chi connectivity index (χ4v) is 3.48. The molecule has 1 aliphatic rings. The molecule has 0 bridgehead atoms. The molecule has 1 saturated carbocycles. The van der Waals surface area contributed by atoms with Gasteiger partial charge in [-0.2, -0.15) is 0 Å². The molecular formula is C22H20O4. The topological polar surface area (TPSA) is 56.5 Å². The highest BCUT2D eigenvalue weighted by Gasteiger charge is 2.23. The third-order valence-electron chi connectivity index (χ3n) is 4.91. The van der Waals surface area contributed by atoms with Crippen LogP contribution >= 0.6 is 0 Å². The first-order valence-corrected chi connectivity index (χ1v) is 9.06. The Morgan fingerprint density at radius 3 is 2.50 bits per heavy atom. The molecule has 0 atom stereocenters. The summed E-state index contributed by atoms with van der Waals surface area (Å²) in [5.74, 6) is 0.688. The molecule has 0 radical (unpaired) electrons. The number of benzene rings is 2. The number of fused-ring (bicyclic) bond motifs is 1. The van der Waals surface area contributed by atoms with Crippen molar-refractivity contribution in [2.75, 3.05) is 0 Å². The van der Waals surface area contributed by atoms with E-state index in [1.54, 1.807) is 18.2 Å². The van der Waals surface area contributed by atoms with Gasteiger partial charge in [0.2, 0.25) is 0 Å². The molecule has 1 aromatic heterocycles.